The zero-order chi connectivity index (χ0) is 23.0. The van der Waals surface area contributed by atoms with E-state index in [0.29, 0.717) is 47.4 Å². The topological polar surface area (TPSA) is 92.1 Å². The van der Waals surface area contributed by atoms with Gasteiger partial charge < -0.3 is 14.5 Å². The lowest BCUT2D eigenvalue weighted by Gasteiger charge is -2.33. The molecule has 10 heteroatoms. The molecule has 0 bridgehead atoms. The highest BCUT2D eigenvalue weighted by Gasteiger charge is 2.29. The van der Waals surface area contributed by atoms with Crippen LogP contribution in [0, 0.1) is 0 Å². The van der Waals surface area contributed by atoms with Crippen LogP contribution >= 0.6 is 11.3 Å². The summed E-state index contributed by atoms with van der Waals surface area (Å²) in [5.41, 5.74) is 1.97. The Labute approximate surface area is 195 Å². The largest absolute Gasteiger partial charge is 0.495 e. The molecule has 0 saturated carbocycles. The van der Waals surface area contributed by atoms with Crippen molar-refractivity contribution in [1.29, 1.82) is 0 Å². The SMILES string of the molecule is COc1cc2c(cc1NC(=O)CN1CCN(S(=O)(=O)c3cccs3)CC1)oc1ccccc12. The van der Waals surface area contributed by atoms with Crippen LogP contribution in [-0.4, -0.2) is 63.4 Å². The van der Waals surface area contributed by atoms with E-state index in [1.807, 2.05) is 35.2 Å². The van der Waals surface area contributed by atoms with E-state index in [0.717, 1.165) is 16.4 Å². The normalized spacial score (nSPS) is 15.8. The third kappa shape index (κ3) is 4.22. The van der Waals surface area contributed by atoms with E-state index < -0.39 is 10.0 Å². The van der Waals surface area contributed by atoms with Gasteiger partial charge in [0, 0.05) is 43.0 Å². The van der Waals surface area contributed by atoms with Crippen LogP contribution in [0.4, 0.5) is 5.69 Å². The van der Waals surface area contributed by atoms with Gasteiger partial charge in [0.15, 0.2) is 0 Å². The third-order valence-electron chi connectivity index (χ3n) is 5.76. The Balaban J connectivity index is 1.25. The Bertz CT molecular complexity index is 1400. The average molecular weight is 486 g/mol. The Kier molecular flexibility index (Phi) is 5.83. The van der Waals surface area contributed by atoms with Crippen molar-refractivity contribution in [2.45, 2.75) is 4.21 Å². The Morgan fingerprint density at radius 3 is 2.58 bits per heavy atom. The van der Waals surface area contributed by atoms with Gasteiger partial charge in [-0.1, -0.05) is 24.3 Å². The third-order valence-corrected chi connectivity index (χ3v) is 9.03. The minimum Gasteiger partial charge on any atom is -0.495 e. The van der Waals surface area contributed by atoms with Crippen LogP contribution in [-0.2, 0) is 14.8 Å². The number of para-hydroxylation sites is 1. The number of anilines is 1. The van der Waals surface area contributed by atoms with Gasteiger partial charge in [-0.15, -0.1) is 11.3 Å². The summed E-state index contributed by atoms with van der Waals surface area (Å²) in [6.07, 6.45) is 0. The van der Waals surface area contributed by atoms with E-state index in [1.165, 1.54) is 15.6 Å². The molecule has 8 nitrogen and oxygen atoms in total. The lowest BCUT2D eigenvalue weighted by atomic mass is 10.1. The van der Waals surface area contributed by atoms with Crippen LogP contribution < -0.4 is 10.1 Å². The highest BCUT2D eigenvalue weighted by Crippen LogP contribution is 2.36. The number of hydrogen-bond acceptors (Lipinski definition) is 7. The first-order valence-corrected chi connectivity index (χ1v) is 12.8. The molecular formula is C23H23N3O5S2. The minimum absolute atomic E-state index is 0.161. The van der Waals surface area contributed by atoms with Gasteiger partial charge in [0.2, 0.25) is 5.91 Å². The molecule has 3 heterocycles. The van der Waals surface area contributed by atoms with Crippen LogP contribution in [0.3, 0.4) is 0 Å². The number of furan rings is 1. The Morgan fingerprint density at radius 2 is 1.85 bits per heavy atom. The monoisotopic (exact) mass is 485 g/mol. The van der Waals surface area contributed by atoms with Gasteiger partial charge in [-0.2, -0.15) is 4.31 Å². The fraction of sp³-hybridized carbons (Fsp3) is 0.261. The van der Waals surface area contributed by atoms with E-state index in [2.05, 4.69) is 5.32 Å². The van der Waals surface area contributed by atoms with Crippen LogP contribution in [0.5, 0.6) is 5.75 Å². The number of piperazine rings is 1. The number of carbonyl (C=O) groups is 1. The van der Waals surface area contributed by atoms with Crippen molar-refractivity contribution in [2.75, 3.05) is 45.2 Å². The summed E-state index contributed by atoms with van der Waals surface area (Å²) < 4.78 is 38.6. The second-order valence-electron chi connectivity index (χ2n) is 7.81. The van der Waals surface area contributed by atoms with Crippen LogP contribution in [0.15, 0.2) is 62.5 Å². The van der Waals surface area contributed by atoms with E-state index in [4.69, 9.17) is 9.15 Å². The zero-order valence-corrected chi connectivity index (χ0v) is 19.6. The first-order valence-electron chi connectivity index (χ1n) is 10.5. The number of fused-ring (bicyclic) bond motifs is 3. The molecule has 0 atom stereocenters. The standard InChI is InChI=1S/C23H23N3O5S2/c1-30-21-13-17-16-5-2-3-6-19(16)31-20(17)14-18(21)24-22(27)15-25-8-10-26(11-9-25)33(28,29)23-7-4-12-32-23/h2-7,12-14H,8-11,15H2,1H3,(H,24,27). The van der Waals surface area contributed by atoms with Crippen molar-refractivity contribution in [2.24, 2.45) is 0 Å². The van der Waals surface area contributed by atoms with Crippen molar-refractivity contribution in [3.05, 3.63) is 53.9 Å². The summed E-state index contributed by atoms with van der Waals surface area (Å²) in [5.74, 6) is 0.354. The van der Waals surface area contributed by atoms with E-state index in [-0.39, 0.29) is 12.5 Å². The number of nitrogens with zero attached hydrogens (tertiary/aromatic N) is 2. The van der Waals surface area contributed by atoms with Crippen LogP contribution in [0.1, 0.15) is 0 Å². The van der Waals surface area contributed by atoms with E-state index >= 15 is 0 Å². The lowest BCUT2D eigenvalue weighted by Crippen LogP contribution is -2.50. The van der Waals surface area contributed by atoms with Crippen molar-refractivity contribution in [3.8, 4) is 5.75 Å². The molecular weight excluding hydrogens is 462 g/mol. The molecule has 1 fully saturated rings. The molecule has 1 amide bonds. The Hall–Kier alpha value is -2.92. The van der Waals surface area contributed by atoms with Gasteiger partial charge in [-0.3, -0.25) is 9.69 Å². The number of carbonyl (C=O) groups excluding carboxylic acids is 1. The molecule has 1 aliphatic heterocycles. The van der Waals surface area contributed by atoms with Gasteiger partial charge in [-0.05, 0) is 23.6 Å². The van der Waals surface area contributed by atoms with E-state index in [1.54, 1.807) is 30.7 Å². The number of ether oxygens (including phenoxy) is 1. The second kappa shape index (κ2) is 8.79. The second-order valence-corrected chi connectivity index (χ2v) is 10.9. The fourth-order valence-electron chi connectivity index (χ4n) is 4.08. The number of thiophene rings is 1. The molecule has 0 radical (unpaired) electrons. The summed E-state index contributed by atoms with van der Waals surface area (Å²) in [4.78, 5) is 14.7. The number of rotatable bonds is 6. The van der Waals surface area contributed by atoms with Crippen LogP contribution in [0.25, 0.3) is 21.9 Å². The van der Waals surface area contributed by atoms with Gasteiger partial charge in [0.05, 0.1) is 19.3 Å². The highest BCUT2D eigenvalue weighted by atomic mass is 32.2. The summed E-state index contributed by atoms with van der Waals surface area (Å²) >= 11 is 1.21. The number of methoxy groups -OCH3 is 1. The highest BCUT2D eigenvalue weighted by molar-refractivity contribution is 7.91. The summed E-state index contributed by atoms with van der Waals surface area (Å²) in [6, 6.07) is 14.7. The number of benzene rings is 2. The maximum absolute atomic E-state index is 12.8. The summed E-state index contributed by atoms with van der Waals surface area (Å²) in [6.45, 7) is 1.83. The molecule has 0 aliphatic carbocycles. The molecule has 33 heavy (non-hydrogen) atoms. The van der Waals surface area contributed by atoms with Crippen molar-refractivity contribution in [3.63, 3.8) is 0 Å². The molecule has 1 aliphatic rings. The average Bonchev–Trinajstić information content (AvgIpc) is 3.47. The quantitative estimate of drug-likeness (QED) is 0.449. The first kappa shape index (κ1) is 21.9. The molecule has 2 aromatic heterocycles. The lowest BCUT2D eigenvalue weighted by molar-refractivity contribution is -0.117. The van der Waals surface area contributed by atoms with Crippen molar-refractivity contribution >= 4 is 54.9 Å². The summed E-state index contributed by atoms with van der Waals surface area (Å²) in [5, 5.41) is 6.57. The maximum atomic E-state index is 12.8. The molecule has 5 rings (SSSR count). The zero-order valence-electron chi connectivity index (χ0n) is 18.0. The number of hydrogen-bond donors (Lipinski definition) is 1. The molecule has 2 aromatic carbocycles. The van der Waals surface area contributed by atoms with Crippen molar-refractivity contribution in [1.82, 2.24) is 9.21 Å². The number of sulfonamides is 1. The molecule has 4 aromatic rings. The smallest absolute Gasteiger partial charge is 0.252 e. The predicted molar refractivity (Wildman–Crippen MR) is 128 cm³/mol. The van der Waals surface area contributed by atoms with Gasteiger partial charge in [0.25, 0.3) is 10.0 Å². The van der Waals surface area contributed by atoms with E-state index in [9.17, 15) is 13.2 Å². The van der Waals surface area contributed by atoms with Crippen molar-refractivity contribution < 1.29 is 22.4 Å². The predicted octanol–water partition coefficient (Wildman–Crippen LogP) is 3.60. The Morgan fingerprint density at radius 1 is 1.06 bits per heavy atom. The maximum Gasteiger partial charge on any atom is 0.252 e. The van der Waals surface area contributed by atoms with Gasteiger partial charge in [-0.25, -0.2) is 8.42 Å². The van der Waals surface area contributed by atoms with Gasteiger partial charge in [0.1, 0.15) is 21.1 Å². The molecule has 1 saturated heterocycles. The fourth-order valence-corrected chi connectivity index (χ4v) is 6.64. The van der Waals surface area contributed by atoms with Gasteiger partial charge >= 0.3 is 0 Å². The first-order chi connectivity index (χ1) is 16.0. The minimum atomic E-state index is -3.46. The summed E-state index contributed by atoms with van der Waals surface area (Å²) in [7, 11) is -1.90. The van der Waals surface area contributed by atoms with Crippen LogP contribution in [0.2, 0.25) is 0 Å². The molecule has 0 unspecified atom stereocenters. The number of nitrogens with one attached hydrogen (secondary N) is 1. The number of amides is 1. The molecule has 1 N–H and O–H groups in total. The molecule has 0 spiro atoms. The molecule has 172 valence electrons.